The van der Waals surface area contributed by atoms with E-state index in [1.54, 1.807) is 0 Å². The van der Waals surface area contributed by atoms with Gasteiger partial charge >= 0.3 is 0 Å². The summed E-state index contributed by atoms with van der Waals surface area (Å²) >= 11 is 3.45. The molecular weight excluding hydrogens is 302 g/mol. The van der Waals surface area contributed by atoms with Crippen LogP contribution < -0.4 is 0 Å². The average molecular weight is 314 g/mol. The molecule has 3 aromatic rings. The molecule has 1 atom stereocenters. The van der Waals surface area contributed by atoms with Gasteiger partial charge in [0.25, 0.3) is 0 Å². The summed E-state index contributed by atoms with van der Waals surface area (Å²) in [7, 11) is 0. The van der Waals surface area contributed by atoms with Crippen molar-refractivity contribution < 1.29 is 0 Å². The lowest BCUT2D eigenvalue weighted by molar-refractivity contribution is 0.632. The second-order valence-corrected chi connectivity index (χ2v) is 5.65. The van der Waals surface area contributed by atoms with Crippen LogP contribution in [0.2, 0.25) is 0 Å². The van der Waals surface area contributed by atoms with Crippen LogP contribution in [0.15, 0.2) is 47.1 Å². The zero-order valence-corrected chi connectivity index (χ0v) is 11.8. The van der Waals surface area contributed by atoms with Crippen LogP contribution in [-0.4, -0.2) is 14.5 Å². The first-order valence-corrected chi connectivity index (χ1v) is 7.20. The van der Waals surface area contributed by atoms with Gasteiger partial charge in [-0.05, 0) is 40.0 Å². The lowest BCUT2D eigenvalue weighted by Crippen LogP contribution is -2.06. The highest BCUT2D eigenvalue weighted by molar-refractivity contribution is 9.10. The van der Waals surface area contributed by atoms with Crippen molar-refractivity contribution in [2.75, 3.05) is 0 Å². The predicted molar refractivity (Wildman–Crippen MR) is 78.1 cm³/mol. The van der Waals surface area contributed by atoms with E-state index in [0.717, 1.165) is 34.4 Å². The highest BCUT2D eigenvalue weighted by Crippen LogP contribution is 2.34. The van der Waals surface area contributed by atoms with E-state index in [1.165, 1.54) is 5.56 Å². The highest BCUT2D eigenvalue weighted by Gasteiger charge is 2.27. The summed E-state index contributed by atoms with van der Waals surface area (Å²) in [6.45, 7) is 0. The van der Waals surface area contributed by atoms with Gasteiger partial charge in [-0.1, -0.05) is 30.3 Å². The van der Waals surface area contributed by atoms with Crippen LogP contribution in [0, 0.1) is 0 Å². The highest BCUT2D eigenvalue weighted by atomic mass is 79.9. The first-order chi connectivity index (χ1) is 9.33. The predicted octanol–water partition coefficient (Wildman–Crippen LogP) is 3.73. The number of imidazole rings is 1. The van der Waals surface area contributed by atoms with Crippen LogP contribution in [-0.2, 0) is 6.42 Å². The van der Waals surface area contributed by atoms with E-state index in [9.17, 15) is 0 Å². The molecule has 1 aromatic carbocycles. The Bertz CT molecular complexity index is 749. The van der Waals surface area contributed by atoms with Crippen LogP contribution in [0.3, 0.4) is 0 Å². The van der Waals surface area contributed by atoms with Crippen LogP contribution in [0.25, 0.3) is 11.2 Å². The summed E-state index contributed by atoms with van der Waals surface area (Å²) in [4.78, 5) is 9.29. The van der Waals surface area contributed by atoms with Crippen molar-refractivity contribution in [2.45, 2.75) is 18.9 Å². The van der Waals surface area contributed by atoms with Gasteiger partial charge in [0.05, 0.1) is 6.04 Å². The maximum absolute atomic E-state index is 4.69. The van der Waals surface area contributed by atoms with Crippen molar-refractivity contribution in [2.24, 2.45) is 0 Å². The minimum atomic E-state index is 0.364. The van der Waals surface area contributed by atoms with E-state index < -0.39 is 0 Å². The third-order valence-electron chi connectivity index (χ3n) is 3.71. The van der Waals surface area contributed by atoms with Gasteiger partial charge in [-0.15, -0.1) is 0 Å². The van der Waals surface area contributed by atoms with Crippen molar-refractivity contribution in [3.63, 3.8) is 0 Å². The van der Waals surface area contributed by atoms with Gasteiger partial charge in [-0.25, -0.2) is 9.97 Å². The molecule has 4 rings (SSSR count). The quantitative estimate of drug-likeness (QED) is 0.641. The average Bonchev–Trinajstić information content (AvgIpc) is 2.99. The number of hydrogen-bond acceptors (Lipinski definition) is 2. The molecular formula is C15H12BrN3. The number of aromatic nitrogens is 3. The third-order valence-corrected chi connectivity index (χ3v) is 4.16. The van der Waals surface area contributed by atoms with Crippen LogP contribution in [0.4, 0.5) is 0 Å². The standard InChI is InChI=1S/C15H12BrN3/c16-13-8-6-11-15(18-13)19-12(7-9-14(19)17-11)10-4-2-1-3-5-10/h1-6,8,12H,7,9H2. The molecule has 19 heavy (non-hydrogen) atoms. The molecule has 0 N–H and O–H groups in total. The van der Waals surface area contributed by atoms with E-state index in [1.807, 2.05) is 12.1 Å². The number of halogens is 1. The van der Waals surface area contributed by atoms with Crippen molar-refractivity contribution >= 4 is 27.1 Å². The molecule has 0 aliphatic carbocycles. The first kappa shape index (κ1) is 11.2. The number of benzene rings is 1. The van der Waals surface area contributed by atoms with E-state index in [4.69, 9.17) is 0 Å². The topological polar surface area (TPSA) is 30.7 Å². The molecule has 94 valence electrons. The van der Waals surface area contributed by atoms with Gasteiger partial charge in [0, 0.05) is 6.42 Å². The summed E-state index contributed by atoms with van der Waals surface area (Å²) in [5.41, 5.74) is 3.30. The van der Waals surface area contributed by atoms with Crippen LogP contribution in [0.5, 0.6) is 0 Å². The molecule has 3 heterocycles. The summed E-state index contributed by atoms with van der Waals surface area (Å²) in [5.74, 6) is 1.15. The van der Waals surface area contributed by atoms with Gasteiger partial charge in [0.2, 0.25) is 0 Å². The van der Waals surface area contributed by atoms with Gasteiger partial charge in [-0.3, -0.25) is 0 Å². The molecule has 0 amide bonds. The zero-order valence-electron chi connectivity index (χ0n) is 10.3. The second-order valence-electron chi connectivity index (χ2n) is 4.84. The Morgan fingerprint density at radius 3 is 2.74 bits per heavy atom. The summed E-state index contributed by atoms with van der Waals surface area (Å²) in [6, 6.07) is 14.9. The van der Waals surface area contributed by atoms with Gasteiger partial charge in [-0.2, -0.15) is 0 Å². The molecule has 0 fully saturated rings. The van der Waals surface area contributed by atoms with Gasteiger partial charge in [0.1, 0.15) is 15.9 Å². The summed E-state index contributed by atoms with van der Waals surface area (Å²) in [6.07, 6.45) is 2.13. The maximum atomic E-state index is 4.69. The minimum absolute atomic E-state index is 0.364. The SMILES string of the molecule is Brc1ccc2nc3n(c2n1)C(c1ccccc1)CC3. The van der Waals surface area contributed by atoms with Crippen LogP contribution in [0.1, 0.15) is 23.9 Å². The Labute approximate surface area is 119 Å². The fraction of sp³-hybridized carbons (Fsp3) is 0.200. The summed E-state index contributed by atoms with van der Waals surface area (Å²) in [5, 5.41) is 0. The minimum Gasteiger partial charge on any atom is -0.305 e. The van der Waals surface area contributed by atoms with Crippen LogP contribution >= 0.6 is 15.9 Å². The van der Waals surface area contributed by atoms with E-state index in [-0.39, 0.29) is 0 Å². The summed E-state index contributed by atoms with van der Waals surface area (Å²) < 4.78 is 3.15. The number of hydrogen-bond donors (Lipinski definition) is 0. The normalized spacial score (nSPS) is 17.8. The van der Waals surface area contributed by atoms with E-state index in [0.29, 0.717) is 6.04 Å². The van der Waals surface area contributed by atoms with Crippen molar-refractivity contribution in [3.05, 3.63) is 58.5 Å². The lowest BCUT2D eigenvalue weighted by atomic mass is 10.0. The molecule has 0 saturated carbocycles. The number of pyridine rings is 1. The Hall–Kier alpha value is -1.68. The Balaban J connectivity index is 1.94. The van der Waals surface area contributed by atoms with E-state index in [2.05, 4.69) is 60.8 Å². The Kier molecular flexibility index (Phi) is 2.45. The van der Waals surface area contributed by atoms with Crippen molar-refractivity contribution in [3.8, 4) is 0 Å². The third kappa shape index (κ3) is 1.70. The molecule has 3 nitrogen and oxygen atoms in total. The molecule has 1 unspecified atom stereocenters. The lowest BCUT2D eigenvalue weighted by Gasteiger charge is -2.14. The Morgan fingerprint density at radius 1 is 1.05 bits per heavy atom. The molecule has 0 bridgehead atoms. The number of nitrogens with zero attached hydrogens (tertiary/aromatic N) is 3. The van der Waals surface area contributed by atoms with Crippen molar-refractivity contribution in [1.29, 1.82) is 0 Å². The fourth-order valence-electron chi connectivity index (χ4n) is 2.89. The molecule has 0 saturated heterocycles. The Morgan fingerprint density at radius 2 is 1.89 bits per heavy atom. The van der Waals surface area contributed by atoms with Gasteiger partial charge in [0.15, 0.2) is 5.65 Å². The largest absolute Gasteiger partial charge is 0.305 e. The zero-order chi connectivity index (χ0) is 12.8. The van der Waals surface area contributed by atoms with E-state index >= 15 is 0 Å². The van der Waals surface area contributed by atoms with Gasteiger partial charge < -0.3 is 4.57 Å². The molecule has 1 aliphatic rings. The molecule has 1 aliphatic heterocycles. The smallest absolute Gasteiger partial charge is 0.161 e. The number of aryl methyl sites for hydroxylation is 1. The van der Waals surface area contributed by atoms with Crippen molar-refractivity contribution in [1.82, 2.24) is 14.5 Å². The second kappa shape index (κ2) is 4.17. The molecule has 0 radical (unpaired) electrons. The molecule has 0 spiro atoms. The molecule has 4 heteroatoms. The maximum Gasteiger partial charge on any atom is 0.161 e. The fourth-order valence-corrected chi connectivity index (χ4v) is 3.19. The first-order valence-electron chi connectivity index (χ1n) is 6.41. The monoisotopic (exact) mass is 313 g/mol. The number of fused-ring (bicyclic) bond motifs is 3. The number of rotatable bonds is 1. The molecule has 2 aromatic heterocycles.